The molecule has 1 aliphatic rings. The monoisotopic (exact) mass is 282 g/mol. The molecule has 2 rings (SSSR count). The molecule has 0 aromatic carbocycles. The summed E-state index contributed by atoms with van der Waals surface area (Å²) in [5.74, 6) is 0.132. The topological polar surface area (TPSA) is 48.5 Å². The minimum Gasteiger partial charge on any atom is -0.347 e. The van der Waals surface area contributed by atoms with Crippen LogP contribution in [-0.2, 0) is 11.3 Å². The summed E-state index contributed by atoms with van der Waals surface area (Å²) < 4.78 is 0. The second-order valence-corrected chi connectivity index (χ2v) is 5.30. The summed E-state index contributed by atoms with van der Waals surface area (Å²) in [5, 5.41) is 3.76. The van der Waals surface area contributed by atoms with Crippen molar-refractivity contribution in [3.63, 3.8) is 0 Å². The average molecular weight is 283 g/mol. The van der Waals surface area contributed by atoms with Gasteiger partial charge in [0.1, 0.15) is 11.2 Å². The summed E-state index contributed by atoms with van der Waals surface area (Å²) in [4.78, 5) is 20.0. The van der Waals surface area contributed by atoms with Crippen LogP contribution >= 0.6 is 11.6 Å². The summed E-state index contributed by atoms with van der Waals surface area (Å²) in [5.41, 5.74) is 1.08. The van der Waals surface area contributed by atoms with Crippen molar-refractivity contribution in [3.05, 3.63) is 29.0 Å². The number of rotatable bonds is 3. The van der Waals surface area contributed by atoms with E-state index in [1.165, 1.54) is 0 Å². The third kappa shape index (κ3) is 3.65. The molecule has 2 heterocycles. The number of nitrogens with one attached hydrogen (secondary N) is 1. The lowest BCUT2D eigenvalue weighted by molar-refractivity contribution is -0.135. The van der Waals surface area contributed by atoms with Crippen LogP contribution in [0.3, 0.4) is 0 Å². The Morgan fingerprint density at radius 3 is 3.11 bits per heavy atom. The summed E-state index contributed by atoms with van der Waals surface area (Å²) in [6.07, 6.45) is 1.70. The Labute approximate surface area is 118 Å². The van der Waals surface area contributed by atoms with Crippen LogP contribution in [0.2, 0.25) is 5.15 Å². The van der Waals surface area contributed by atoms with Gasteiger partial charge in [-0.15, -0.1) is 0 Å². The number of pyridine rings is 1. The average Bonchev–Trinajstić information content (AvgIpc) is 2.38. The van der Waals surface area contributed by atoms with Crippen molar-refractivity contribution in [2.24, 2.45) is 0 Å². The number of hydrogen-bond donors (Lipinski definition) is 1. The molecule has 1 saturated heterocycles. The molecule has 0 saturated carbocycles. The first-order valence-corrected chi connectivity index (χ1v) is 6.72. The molecule has 0 spiro atoms. The quantitative estimate of drug-likeness (QED) is 0.825. The SMILES string of the molecule is CN(C)C(=O)C1CNCCN1Cc1ccnc(Cl)c1. The van der Waals surface area contributed by atoms with E-state index in [4.69, 9.17) is 11.6 Å². The molecule has 0 radical (unpaired) electrons. The van der Waals surface area contributed by atoms with Crippen molar-refractivity contribution in [2.75, 3.05) is 33.7 Å². The van der Waals surface area contributed by atoms with E-state index in [0.717, 1.165) is 18.7 Å². The minimum atomic E-state index is -0.115. The normalized spacial score (nSPS) is 20.3. The van der Waals surface area contributed by atoms with Gasteiger partial charge in [0, 0.05) is 46.5 Å². The van der Waals surface area contributed by atoms with Crippen molar-refractivity contribution < 1.29 is 4.79 Å². The highest BCUT2D eigenvalue weighted by atomic mass is 35.5. The Balaban J connectivity index is 2.09. The van der Waals surface area contributed by atoms with Crippen LogP contribution in [0.15, 0.2) is 18.3 Å². The first kappa shape index (κ1) is 14.2. The molecular weight excluding hydrogens is 264 g/mol. The van der Waals surface area contributed by atoms with E-state index in [2.05, 4.69) is 15.2 Å². The Morgan fingerprint density at radius 2 is 2.42 bits per heavy atom. The van der Waals surface area contributed by atoms with Crippen molar-refractivity contribution in [2.45, 2.75) is 12.6 Å². The fraction of sp³-hybridized carbons (Fsp3) is 0.538. The number of carbonyl (C=O) groups excluding carboxylic acids is 1. The number of nitrogens with zero attached hydrogens (tertiary/aromatic N) is 3. The van der Waals surface area contributed by atoms with Crippen LogP contribution in [0.4, 0.5) is 0 Å². The maximum Gasteiger partial charge on any atom is 0.240 e. The first-order chi connectivity index (χ1) is 9.08. The number of piperazine rings is 1. The van der Waals surface area contributed by atoms with Crippen molar-refractivity contribution in [1.82, 2.24) is 20.1 Å². The van der Waals surface area contributed by atoms with Gasteiger partial charge in [-0.1, -0.05) is 11.6 Å². The van der Waals surface area contributed by atoms with Gasteiger partial charge in [0.15, 0.2) is 0 Å². The lowest BCUT2D eigenvalue weighted by Crippen LogP contribution is -2.57. The van der Waals surface area contributed by atoms with Crippen LogP contribution in [-0.4, -0.2) is 60.5 Å². The summed E-state index contributed by atoms with van der Waals surface area (Å²) in [7, 11) is 3.58. The number of aromatic nitrogens is 1. The van der Waals surface area contributed by atoms with Gasteiger partial charge in [0.05, 0.1) is 0 Å². The van der Waals surface area contributed by atoms with Crippen molar-refractivity contribution in [1.29, 1.82) is 0 Å². The summed E-state index contributed by atoms with van der Waals surface area (Å²) in [6, 6.07) is 3.67. The third-order valence-corrected chi connectivity index (χ3v) is 3.46. The highest BCUT2D eigenvalue weighted by Gasteiger charge is 2.29. The Bertz CT molecular complexity index is 452. The van der Waals surface area contributed by atoms with Crippen LogP contribution < -0.4 is 5.32 Å². The van der Waals surface area contributed by atoms with E-state index >= 15 is 0 Å². The molecule has 1 fully saturated rings. The number of halogens is 1. The van der Waals surface area contributed by atoms with E-state index in [9.17, 15) is 4.79 Å². The predicted octanol–water partition coefficient (Wildman–Crippen LogP) is 0.597. The van der Waals surface area contributed by atoms with E-state index in [1.807, 2.05) is 12.1 Å². The molecule has 6 heteroatoms. The van der Waals surface area contributed by atoms with Gasteiger partial charge in [-0.3, -0.25) is 9.69 Å². The second kappa shape index (κ2) is 6.32. The van der Waals surface area contributed by atoms with Crippen molar-refractivity contribution >= 4 is 17.5 Å². The van der Waals surface area contributed by atoms with Crippen LogP contribution in [0.5, 0.6) is 0 Å². The van der Waals surface area contributed by atoms with Gasteiger partial charge in [-0.25, -0.2) is 4.98 Å². The first-order valence-electron chi connectivity index (χ1n) is 6.34. The largest absolute Gasteiger partial charge is 0.347 e. The summed E-state index contributed by atoms with van der Waals surface area (Å²) >= 11 is 5.89. The van der Waals surface area contributed by atoms with Crippen LogP contribution in [0.1, 0.15) is 5.56 Å². The molecule has 1 amide bonds. The zero-order valence-electron chi connectivity index (χ0n) is 11.3. The minimum absolute atomic E-state index is 0.115. The number of hydrogen-bond acceptors (Lipinski definition) is 4. The lowest BCUT2D eigenvalue weighted by Gasteiger charge is -2.36. The molecule has 1 unspecified atom stereocenters. The zero-order valence-corrected chi connectivity index (χ0v) is 12.0. The highest BCUT2D eigenvalue weighted by Crippen LogP contribution is 2.14. The van der Waals surface area contributed by atoms with Gasteiger partial charge in [-0.2, -0.15) is 0 Å². The van der Waals surface area contributed by atoms with Crippen LogP contribution in [0.25, 0.3) is 0 Å². The standard InChI is InChI=1S/C13H19ClN4O/c1-17(2)13(19)11-8-15-5-6-18(11)9-10-3-4-16-12(14)7-10/h3-4,7,11,15H,5-6,8-9H2,1-2H3. The van der Waals surface area contributed by atoms with Gasteiger partial charge >= 0.3 is 0 Å². The Morgan fingerprint density at radius 1 is 1.63 bits per heavy atom. The molecule has 1 atom stereocenters. The summed E-state index contributed by atoms with van der Waals surface area (Å²) in [6.45, 7) is 3.16. The molecular formula is C13H19ClN4O. The van der Waals surface area contributed by atoms with E-state index in [-0.39, 0.29) is 11.9 Å². The van der Waals surface area contributed by atoms with Crippen LogP contribution in [0, 0.1) is 0 Å². The predicted molar refractivity (Wildman–Crippen MR) is 75.0 cm³/mol. The lowest BCUT2D eigenvalue weighted by atomic mass is 10.1. The van der Waals surface area contributed by atoms with E-state index in [0.29, 0.717) is 18.2 Å². The Hall–Kier alpha value is -1.17. The van der Waals surface area contributed by atoms with Crippen molar-refractivity contribution in [3.8, 4) is 0 Å². The second-order valence-electron chi connectivity index (χ2n) is 4.91. The zero-order chi connectivity index (χ0) is 13.8. The van der Waals surface area contributed by atoms with Gasteiger partial charge in [0.25, 0.3) is 0 Å². The Kier molecular flexibility index (Phi) is 4.74. The molecule has 0 bridgehead atoms. The third-order valence-electron chi connectivity index (χ3n) is 3.26. The highest BCUT2D eigenvalue weighted by molar-refractivity contribution is 6.29. The molecule has 1 aromatic rings. The number of likely N-dealkylation sites (N-methyl/N-ethyl adjacent to an activating group) is 1. The van der Waals surface area contributed by atoms with Gasteiger partial charge < -0.3 is 10.2 Å². The van der Waals surface area contributed by atoms with E-state index in [1.54, 1.807) is 25.2 Å². The molecule has 5 nitrogen and oxygen atoms in total. The molecule has 1 aliphatic heterocycles. The molecule has 19 heavy (non-hydrogen) atoms. The number of amides is 1. The molecule has 0 aliphatic carbocycles. The van der Waals surface area contributed by atoms with Gasteiger partial charge in [0.2, 0.25) is 5.91 Å². The maximum absolute atomic E-state index is 12.2. The smallest absolute Gasteiger partial charge is 0.240 e. The molecule has 1 N–H and O–H groups in total. The fourth-order valence-corrected chi connectivity index (χ4v) is 2.45. The number of carbonyl (C=O) groups is 1. The molecule has 104 valence electrons. The fourth-order valence-electron chi connectivity index (χ4n) is 2.25. The molecule has 1 aromatic heterocycles. The maximum atomic E-state index is 12.2. The van der Waals surface area contributed by atoms with Gasteiger partial charge in [-0.05, 0) is 17.7 Å². The van der Waals surface area contributed by atoms with E-state index < -0.39 is 0 Å².